The Morgan fingerprint density at radius 2 is 2.26 bits per heavy atom. The van der Waals surface area contributed by atoms with E-state index in [0.717, 1.165) is 24.8 Å². The molecule has 106 valence electrons. The van der Waals surface area contributed by atoms with E-state index in [0.29, 0.717) is 24.1 Å². The van der Waals surface area contributed by atoms with Crippen molar-refractivity contribution < 1.29 is 4.74 Å². The SMILES string of the molecule is CCC1CCN(c2ccc(N)c(OCC(C)C)n2)C1. The number of hydrogen-bond acceptors (Lipinski definition) is 4. The van der Waals surface area contributed by atoms with E-state index >= 15 is 0 Å². The summed E-state index contributed by atoms with van der Waals surface area (Å²) in [7, 11) is 0. The van der Waals surface area contributed by atoms with Crippen LogP contribution in [0.25, 0.3) is 0 Å². The molecule has 0 saturated carbocycles. The summed E-state index contributed by atoms with van der Waals surface area (Å²) in [6.45, 7) is 9.31. The maximum Gasteiger partial charge on any atom is 0.239 e. The van der Waals surface area contributed by atoms with Crippen LogP contribution in [-0.2, 0) is 0 Å². The number of pyridine rings is 1. The van der Waals surface area contributed by atoms with Crippen LogP contribution in [0.15, 0.2) is 12.1 Å². The quantitative estimate of drug-likeness (QED) is 0.887. The van der Waals surface area contributed by atoms with E-state index in [4.69, 9.17) is 10.5 Å². The van der Waals surface area contributed by atoms with Gasteiger partial charge in [-0.05, 0) is 30.4 Å². The van der Waals surface area contributed by atoms with Crippen LogP contribution in [0.2, 0.25) is 0 Å². The van der Waals surface area contributed by atoms with Crippen molar-refractivity contribution in [2.24, 2.45) is 11.8 Å². The molecule has 1 saturated heterocycles. The van der Waals surface area contributed by atoms with Crippen LogP contribution in [0.4, 0.5) is 11.5 Å². The number of hydrogen-bond donors (Lipinski definition) is 1. The lowest BCUT2D eigenvalue weighted by Crippen LogP contribution is -2.21. The first-order chi connectivity index (χ1) is 9.10. The molecule has 1 aliphatic heterocycles. The van der Waals surface area contributed by atoms with Gasteiger partial charge in [-0.25, -0.2) is 0 Å². The lowest BCUT2D eigenvalue weighted by molar-refractivity contribution is 0.263. The highest BCUT2D eigenvalue weighted by Crippen LogP contribution is 2.28. The minimum absolute atomic E-state index is 0.473. The zero-order valence-corrected chi connectivity index (χ0v) is 12.2. The summed E-state index contributed by atoms with van der Waals surface area (Å²) in [4.78, 5) is 6.90. The summed E-state index contributed by atoms with van der Waals surface area (Å²) in [6.07, 6.45) is 2.49. The van der Waals surface area contributed by atoms with Gasteiger partial charge in [-0.15, -0.1) is 0 Å². The molecule has 0 bridgehead atoms. The van der Waals surface area contributed by atoms with Crippen molar-refractivity contribution in [3.63, 3.8) is 0 Å². The Morgan fingerprint density at radius 1 is 1.47 bits per heavy atom. The van der Waals surface area contributed by atoms with Crippen LogP contribution < -0.4 is 15.4 Å². The van der Waals surface area contributed by atoms with Crippen LogP contribution in [-0.4, -0.2) is 24.7 Å². The number of anilines is 2. The Bertz CT molecular complexity index is 420. The number of nitrogen functional groups attached to an aromatic ring is 1. The third kappa shape index (κ3) is 3.52. The molecule has 0 radical (unpaired) electrons. The first-order valence-corrected chi connectivity index (χ1v) is 7.24. The van der Waals surface area contributed by atoms with Crippen LogP contribution in [0.3, 0.4) is 0 Å². The van der Waals surface area contributed by atoms with Gasteiger partial charge in [0, 0.05) is 13.1 Å². The molecule has 2 rings (SSSR count). The average Bonchev–Trinajstić information content (AvgIpc) is 2.86. The van der Waals surface area contributed by atoms with Gasteiger partial charge in [-0.2, -0.15) is 4.98 Å². The molecule has 0 spiro atoms. The van der Waals surface area contributed by atoms with E-state index in [1.54, 1.807) is 0 Å². The standard InChI is InChI=1S/C15H25N3O/c1-4-12-7-8-18(9-12)14-6-5-13(16)15(17-14)19-10-11(2)3/h5-6,11-12H,4,7-10,16H2,1-3H3. The third-order valence-electron chi connectivity index (χ3n) is 3.62. The van der Waals surface area contributed by atoms with Crippen LogP contribution in [0, 0.1) is 11.8 Å². The highest BCUT2D eigenvalue weighted by Gasteiger charge is 2.22. The molecule has 1 atom stereocenters. The van der Waals surface area contributed by atoms with E-state index in [1.807, 2.05) is 12.1 Å². The molecule has 4 heteroatoms. The van der Waals surface area contributed by atoms with Crippen molar-refractivity contribution in [1.29, 1.82) is 0 Å². The monoisotopic (exact) mass is 263 g/mol. The second-order valence-electron chi connectivity index (χ2n) is 5.78. The number of ether oxygens (including phenoxy) is 1. The molecule has 0 aliphatic carbocycles. The van der Waals surface area contributed by atoms with Crippen molar-refractivity contribution in [3.8, 4) is 5.88 Å². The van der Waals surface area contributed by atoms with Gasteiger partial charge in [0.15, 0.2) is 0 Å². The van der Waals surface area contributed by atoms with Crippen molar-refractivity contribution in [3.05, 3.63) is 12.1 Å². The molecule has 19 heavy (non-hydrogen) atoms. The summed E-state index contributed by atoms with van der Waals surface area (Å²) in [5.41, 5.74) is 6.54. The van der Waals surface area contributed by atoms with Crippen molar-refractivity contribution >= 4 is 11.5 Å². The molecule has 0 amide bonds. The number of aromatic nitrogens is 1. The molecule has 1 aromatic rings. The molecule has 1 unspecified atom stereocenters. The topological polar surface area (TPSA) is 51.4 Å². The Kier molecular flexibility index (Phi) is 4.51. The molecule has 2 heterocycles. The predicted octanol–water partition coefficient (Wildman–Crippen LogP) is 2.93. The van der Waals surface area contributed by atoms with Crippen molar-refractivity contribution in [1.82, 2.24) is 4.98 Å². The van der Waals surface area contributed by atoms with Crippen LogP contribution in [0.5, 0.6) is 5.88 Å². The predicted molar refractivity (Wildman–Crippen MR) is 79.6 cm³/mol. The fourth-order valence-electron chi connectivity index (χ4n) is 2.35. The maximum absolute atomic E-state index is 5.92. The molecular formula is C15H25N3O. The lowest BCUT2D eigenvalue weighted by atomic mass is 10.1. The Morgan fingerprint density at radius 3 is 2.89 bits per heavy atom. The number of nitrogens with zero attached hydrogens (tertiary/aromatic N) is 2. The largest absolute Gasteiger partial charge is 0.476 e. The van der Waals surface area contributed by atoms with E-state index in [-0.39, 0.29) is 0 Å². The summed E-state index contributed by atoms with van der Waals surface area (Å²) >= 11 is 0. The van der Waals surface area contributed by atoms with Gasteiger partial charge in [0.2, 0.25) is 5.88 Å². The zero-order valence-electron chi connectivity index (χ0n) is 12.2. The van der Waals surface area contributed by atoms with Gasteiger partial charge in [0.05, 0.1) is 12.3 Å². The highest BCUT2D eigenvalue weighted by molar-refractivity contribution is 5.54. The summed E-state index contributed by atoms with van der Waals surface area (Å²) < 4.78 is 5.69. The molecule has 2 N–H and O–H groups in total. The Labute approximate surface area is 116 Å². The first-order valence-electron chi connectivity index (χ1n) is 7.24. The highest BCUT2D eigenvalue weighted by atomic mass is 16.5. The van der Waals surface area contributed by atoms with E-state index in [1.165, 1.54) is 12.8 Å². The van der Waals surface area contributed by atoms with Gasteiger partial charge in [0.1, 0.15) is 5.82 Å². The van der Waals surface area contributed by atoms with Crippen LogP contribution in [0.1, 0.15) is 33.6 Å². The minimum atomic E-state index is 0.473. The molecule has 4 nitrogen and oxygen atoms in total. The smallest absolute Gasteiger partial charge is 0.239 e. The van der Waals surface area contributed by atoms with Crippen molar-refractivity contribution in [2.45, 2.75) is 33.6 Å². The Hall–Kier alpha value is -1.45. The second-order valence-corrected chi connectivity index (χ2v) is 5.78. The molecule has 1 aliphatic rings. The molecule has 0 aromatic carbocycles. The summed E-state index contributed by atoms with van der Waals surface area (Å²) in [6, 6.07) is 3.90. The number of nitrogens with two attached hydrogens (primary N) is 1. The van der Waals surface area contributed by atoms with E-state index in [2.05, 4.69) is 30.7 Å². The first kappa shape index (κ1) is 14.0. The van der Waals surface area contributed by atoms with Gasteiger partial charge in [-0.1, -0.05) is 27.2 Å². The Balaban J connectivity index is 2.08. The molecule has 1 aromatic heterocycles. The zero-order chi connectivity index (χ0) is 13.8. The fraction of sp³-hybridized carbons (Fsp3) is 0.667. The summed E-state index contributed by atoms with van der Waals surface area (Å²) in [5.74, 6) is 2.83. The van der Waals surface area contributed by atoms with E-state index < -0.39 is 0 Å². The minimum Gasteiger partial charge on any atom is -0.476 e. The van der Waals surface area contributed by atoms with E-state index in [9.17, 15) is 0 Å². The third-order valence-corrected chi connectivity index (χ3v) is 3.62. The van der Waals surface area contributed by atoms with Crippen molar-refractivity contribution in [2.75, 3.05) is 30.3 Å². The normalized spacial score (nSPS) is 19.2. The number of rotatable bonds is 5. The van der Waals surface area contributed by atoms with Gasteiger partial charge < -0.3 is 15.4 Å². The fourth-order valence-corrected chi connectivity index (χ4v) is 2.35. The van der Waals surface area contributed by atoms with Gasteiger partial charge in [-0.3, -0.25) is 0 Å². The van der Waals surface area contributed by atoms with Gasteiger partial charge >= 0.3 is 0 Å². The lowest BCUT2D eigenvalue weighted by Gasteiger charge is -2.19. The second kappa shape index (κ2) is 6.13. The van der Waals surface area contributed by atoms with Gasteiger partial charge in [0.25, 0.3) is 0 Å². The average molecular weight is 263 g/mol. The van der Waals surface area contributed by atoms with Crippen LogP contribution >= 0.6 is 0 Å². The summed E-state index contributed by atoms with van der Waals surface area (Å²) in [5, 5.41) is 0. The molecule has 1 fully saturated rings. The maximum atomic E-state index is 5.92. The molecular weight excluding hydrogens is 238 g/mol.